The summed E-state index contributed by atoms with van der Waals surface area (Å²) >= 11 is 0. The highest BCUT2D eigenvalue weighted by molar-refractivity contribution is 7.40. The van der Waals surface area contributed by atoms with E-state index in [-0.39, 0.29) is 21.7 Å². The van der Waals surface area contributed by atoms with Gasteiger partial charge in [0.1, 0.15) is 5.75 Å². The summed E-state index contributed by atoms with van der Waals surface area (Å²) in [5.74, 6) is 0.466. The molecule has 4 nitrogen and oxygen atoms in total. The minimum atomic E-state index is -1.57. The molecule has 1 aliphatic heterocycles. The van der Waals surface area contributed by atoms with Gasteiger partial charge in [0.05, 0.1) is 13.2 Å². The Morgan fingerprint density at radius 1 is 0.844 bits per heavy atom. The number of phenolic OH excluding ortho intramolecular Hbond substituents is 1. The lowest BCUT2D eigenvalue weighted by molar-refractivity contribution is 0.00589. The molecule has 1 aromatic carbocycles. The number of rotatable bonds is 4. The quantitative estimate of drug-likeness (QED) is 0.438. The van der Waals surface area contributed by atoms with Crippen molar-refractivity contribution < 1.29 is 19.0 Å². The maximum Gasteiger partial charge on any atom is 0.329 e. The van der Waals surface area contributed by atoms with Crippen LogP contribution in [-0.4, -0.2) is 23.2 Å². The van der Waals surface area contributed by atoms with Crippen LogP contribution in [0.1, 0.15) is 119 Å². The second-order valence-electron chi connectivity index (χ2n) is 12.4. The molecule has 0 amide bonds. The maximum absolute atomic E-state index is 10.7. The van der Waals surface area contributed by atoms with E-state index in [2.05, 4.69) is 88.3 Å². The Hall–Kier alpha value is -0.670. The second-order valence-corrected chi connectivity index (χ2v) is 13.4. The third kappa shape index (κ3) is 8.28. The van der Waals surface area contributed by atoms with Crippen LogP contribution in [0.25, 0.3) is 0 Å². The molecule has 1 fully saturated rings. The zero-order valence-corrected chi connectivity index (χ0v) is 23.4. The first-order chi connectivity index (χ1) is 14.5. The van der Waals surface area contributed by atoms with Gasteiger partial charge in [0.2, 0.25) is 0 Å². The van der Waals surface area contributed by atoms with Crippen molar-refractivity contribution in [1.82, 2.24) is 0 Å². The molecule has 0 atom stereocenters. The molecule has 186 valence electrons. The summed E-state index contributed by atoms with van der Waals surface area (Å²) in [4.78, 5) is 9.08. The molecule has 1 saturated heterocycles. The van der Waals surface area contributed by atoms with Crippen LogP contribution in [-0.2, 0) is 25.3 Å². The fourth-order valence-corrected chi connectivity index (χ4v) is 4.59. The first-order valence-corrected chi connectivity index (χ1v) is 13.2. The van der Waals surface area contributed by atoms with Crippen molar-refractivity contribution >= 4 is 8.60 Å². The molecule has 1 aliphatic rings. The van der Waals surface area contributed by atoms with E-state index < -0.39 is 8.60 Å². The van der Waals surface area contributed by atoms with Crippen molar-refractivity contribution in [2.75, 3.05) is 13.2 Å². The number of unbranched alkanes of at least 4 members (excludes halogenated alkanes) is 1. The number of hydrogen-bond acceptors (Lipinski definition) is 4. The van der Waals surface area contributed by atoms with Crippen molar-refractivity contribution in [3.63, 3.8) is 0 Å². The Morgan fingerprint density at radius 3 is 1.59 bits per heavy atom. The standard InChI is InChI=1S/C18H30O.C9H19O3P/c1-16(2,3)12-10-13(17(4,5)6)15(19)14(11-12)18(7,8)9;1-3-5-6-9(4-2)7-11-13(10)12-8-9/h10-11,19H,1-9H3;10H,3-8H2,1-2H3. The van der Waals surface area contributed by atoms with Crippen LogP contribution in [0.5, 0.6) is 5.75 Å². The summed E-state index contributed by atoms with van der Waals surface area (Å²) in [5.41, 5.74) is 3.54. The molecule has 1 aromatic rings. The second kappa shape index (κ2) is 11.2. The van der Waals surface area contributed by atoms with Crippen molar-refractivity contribution in [2.24, 2.45) is 5.41 Å². The number of benzene rings is 1. The average molecular weight is 469 g/mol. The fourth-order valence-electron chi connectivity index (χ4n) is 3.75. The molecule has 0 bridgehead atoms. The SMILES string of the molecule is CC(C)(C)c1cc(C(C)(C)C)c(O)c(C(C)(C)C)c1.CCCCC1(CC)COP(O)OC1. The van der Waals surface area contributed by atoms with Gasteiger partial charge in [-0.05, 0) is 45.8 Å². The predicted octanol–water partition coefficient (Wildman–Crippen LogP) is 8.12. The smallest absolute Gasteiger partial charge is 0.329 e. The molecule has 5 heteroatoms. The molecule has 0 saturated carbocycles. The summed E-state index contributed by atoms with van der Waals surface area (Å²) in [6.45, 7) is 25.2. The van der Waals surface area contributed by atoms with Gasteiger partial charge in [-0.3, -0.25) is 0 Å². The Kier molecular flexibility index (Phi) is 10.2. The van der Waals surface area contributed by atoms with E-state index in [4.69, 9.17) is 13.9 Å². The van der Waals surface area contributed by atoms with Crippen molar-refractivity contribution in [2.45, 2.75) is 118 Å². The molecule has 0 spiro atoms. The van der Waals surface area contributed by atoms with E-state index in [9.17, 15) is 5.11 Å². The number of hydrogen-bond donors (Lipinski definition) is 2. The Labute approximate surface area is 199 Å². The number of phenols is 1. The van der Waals surface area contributed by atoms with Crippen molar-refractivity contribution in [1.29, 1.82) is 0 Å². The largest absolute Gasteiger partial charge is 0.507 e. The van der Waals surface area contributed by atoms with E-state index in [0.717, 1.165) is 24.0 Å². The molecule has 0 aliphatic carbocycles. The summed E-state index contributed by atoms with van der Waals surface area (Å²) in [6, 6.07) is 4.34. The molecular weight excluding hydrogens is 419 g/mol. The monoisotopic (exact) mass is 468 g/mol. The average Bonchev–Trinajstić information content (AvgIpc) is 2.66. The van der Waals surface area contributed by atoms with Gasteiger partial charge in [0, 0.05) is 5.41 Å². The third-order valence-electron chi connectivity index (χ3n) is 6.36. The molecular formula is C27H49O4P. The van der Waals surface area contributed by atoms with Crippen LogP contribution in [0.3, 0.4) is 0 Å². The highest BCUT2D eigenvalue weighted by atomic mass is 31.2. The van der Waals surface area contributed by atoms with Gasteiger partial charge in [0.15, 0.2) is 0 Å². The highest BCUT2D eigenvalue weighted by Gasteiger charge is 2.35. The molecule has 0 radical (unpaired) electrons. The Balaban J connectivity index is 0.000000343. The van der Waals surface area contributed by atoms with Gasteiger partial charge in [-0.2, -0.15) is 0 Å². The molecule has 0 aromatic heterocycles. The maximum atomic E-state index is 10.7. The number of aromatic hydroxyl groups is 1. The zero-order valence-electron chi connectivity index (χ0n) is 22.6. The first-order valence-electron chi connectivity index (χ1n) is 12.1. The van der Waals surface area contributed by atoms with Gasteiger partial charge in [-0.25, -0.2) is 0 Å². The van der Waals surface area contributed by atoms with Crippen molar-refractivity contribution in [3.8, 4) is 5.75 Å². The lowest BCUT2D eigenvalue weighted by Gasteiger charge is -2.36. The van der Waals surface area contributed by atoms with E-state index >= 15 is 0 Å². The molecule has 2 N–H and O–H groups in total. The predicted molar refractivity (Wildman–Crippen MR) is 137 cm³/mol. The Morgan fingerprint density at radius 2 is 1.28 bits per heavy atom. The fraction of sp³-hybridized carbons (Fsp3) is 0.778. The summed E-state index contributed by atoms with van der Waals surface area (Å²) < 4.78 is 10.4. The topological polar surface area (TPSA) is 58.9 Å². The van der Waals surface area contributed by atoms with E-state index in [1.165, 1.54) is 18.4 Å². The molecule has 2 rings (SSSR count). The summed E-state index contributed by atoms with van der Waals surface area (Å²) in [5, 5.41) is 10.7. The molecule has 32 heavy (non-hydrogen) atoms. The summed E-state index contributed by atoms with van der Waals surface area (Å²) in [7, 11) is -1.57. The normalized spacial score (nSPS) is 22.3. The lowest BCUT2D eigenvalue weighted by atomic mass is 9.75. The van der Waals surface area contributed by atoms with Crippen LogP contribution in [0.15, 0.2) is 12.1 Å². The van der Waals surface area contributed by atoms with Crippen LogP contribution in [0.4, 0.5) is 0 Å². The van der Waals surface area contributed by atoms with E-state index in [1.54, 1.807) is 0 Å². The van der Waals surface area contributed by atoms with E-state index in [1.807, 2.05) is 0 Å². The summed E-state index contributed by atoms with van der Waals surface area (Å²) in [6.07, 6.45) is 4.62. The van der Waals surface area contributed by atoms with Crippen molar-refractivity contribution in [3.05, 3.63) is 28.8 Å². The van der Waals surface area contributed by atoms with E-state index in [0.29, 0.717) is 19.0 Å². The Bertz CT molecular complexity index is 674. The molecule has 0 unspecified atom stereocenters. The first kappa shape index (κ1) is 29.4. The lowest BCUT2D eigenvalue weighted by Crippen LogP contribution is -2.34. The van der Waals surface area contributed by atoms with Gasteiger partial charge < -0.3 is 19.0 Å². The van der Waals surface area contributed by atoms with Crippen LogP contribution >= 0.6 is 8.60 Å². The zero-order chi connectivity index (χ0) is 25.0. The minimum absolute atomic E-state index is 0.0503. The highest BCUT2D eigenvalue weighted by Crippen LogP contribution is 2.46. The van der Waals surface area contributed by atoms with Gasteiger partial charge in [-0.15, -0.1) is 0 Å². The van der Waals surface area contributed by atoms with Gasteiger partial charge in [-0.1, -0.05) is 101 Å². The molecule has 1 heterocycles. The van der Waals surface area contributed by atoms with Crippen LogP contribution in [0.2, 0.25) is 0 Å². The van der Waals surface area contributed by atoms with Crippen LogP contribution in [0, 0.1) is 5.41 Å². The van der Waals surface area contributed by atoms with Gasteiger partial charge >= 0.3 is 8.60 Å². The van der Waals surface area contributed by atoms with Crippen LogP contribution < -0.4 is 0 Å². The minimum Gasteiger partial charge on any atom is -0.507 e. The van der Waals surface area contributed by atoms with Gasteiger partial charge in [0.25, 0.3) is 0 Å². The third-order valence-corrected chi connectivity index (χ3v) is 7.06.